The summed E-state index contributed by atoms with van der Waals surface area (Å²) in [5.74, 6) is 0.722. The highest BCUT2D eigenvalue weighted by molar-refractivity contribution is 7.09. The minimum Gasteiger partial charge on any atom is -0.327 e. The third-order valence-electron chi connectivity index (χ3n) is 3.36. The molecule has 1 aromatic rings. The Morgan fingerprint density at radius 3 is 2.69 bits per heavy atom. The minimum absolute atomic E-state index is 0.388. The first-order valence-corrected chi connectivity index (χ1v) is 7.43. The van der Waals surface area contributed by atoms with Crippen molar-refractivity contribution in [2.24, 2.45) is 11.7 Å². The maximum Gasteiger partial charge on any atom is 0.00705 e. The second-order valence-corrected chi connectivity index (χ2v) is 5.62. The maximum atomic E-state index is 6.29. The smallest absolute Gasteiger partial charge is 0.00705 e. The molecule has 0 aliphatic rings. The van der Waals surface area contributed by atoms with Crippen molar-refractivity contribution in [2.45, 2.75) is 58.4 Å². The minimum atomic E-state index is 0.388. The predicted molar refractivity (Wildman–Crippen MR) is 73.9 cm³/mol. The fourth-order valence-electron chi connectivity index (χ4n) is 2.19. The third kappa shape index (κ3) is 4.67. The van der Waals surface area contributed by atoms with Crippen molar-refractivity contribution in [3.8, 4) is 0 Å². The average Bonchev–Trinajstić information content (AvgIpc) is 2.80. The lowest BCUT2D eigenvalue weighted by Crippen LogP contribution is -2.30. The van der Waals surface area contributed by atoms with Crippen LogP contribution in [0.15, 0.2) is 17.5 Å². The Labute approximate surface area is 104 Å². The van der Waals surface area contributed by atoms with Crippen molar-refractivity contribution in [1.82, 2.24) is 0 Å². The molecule has 1 heterocycles. The third-order valence-corrected chi connectivity index (χ3v) is 4.30. The average molecular weight is 239 g/mol. The SMILES string of the molecule is CCCCC(CC)C(N)CCc1cccs1. The van der Waals surface area contributed by atoms with Crippen LogP contribution in [0.1, 0.15) is 50.8 Å². The van der Waals surface area contributed by atoms with Gasteiger partial charge in [-0.15, -0.1) is 11.3 Å². The maximum absolute atomic E-state index is 6.29. The Balaban J connectivity index is 2.28. The van der Waals surface area contributed by atoms with E-state index in [9.17, 15) is 0 Å². The van der Waals surface area contributed by atoms with E-state index in [4.69, 9.17) is 5.73 Å². The molecule has 0 fully saturated rings. The highest BCUT2D eigenvalue weighted by Gasteiger charge is 2.15. The Kier molecular flexibility index (Phi) is 6.74. The molecular formula is C14H25NS. The molecule has 1 nitrogen and oxygen atoms in total. The van der Waals surface area contributed by atoms with Crippen molar-refractivity contribution in [1.29, 1.82) is 0 Å². The molecule has 1 aromatic heterocycles. The summed E-state index contributed by atoms with van der Waals surface area (Å²) in [7, 11) is 0. The van der Waals surface area contributed by atoms with Gasteiger partial charge in [-0.1, -0.05) is 39.2 Å². The van der Waals surface area contributed by atoms with Gasteiger partial charge in [0.25, 0.3) is 0 Å². The number of hydrogen-bond donors (Lipinski definition) is 1. The van der Waals surface area contributed by atoms with Crippen LogP contribution < -0.4 is 5.73 Å². The normalized spacial score (nSPS) is 14.9. The molecule has 0 radical (unpaired) electrons. The Morgan fingerprint density at radius 1 is 1.31 bits per heavy atom. The summed E-state index contributed by atoms with van der Waals surface area (Å²) in [4.78, 5) is 1.47. The molecule has 0 saturated carbocycles. The Bertz CT molecular complexity index is 256. The highest BCUT2D eigenvalue weighted by Crippen LogP contribution is 2.20. The lowest BCUT2D eigenvalue weighted by Gasteiger charge is -2.22. The predicted octanol–water partition coefficient (Wildman–Crippen LogP) is 4.22. The van der Waals surface area contributed by atoms with Crippen molar-refractivity contribution in [2.75, 3.05) is 0 Å². The van der Waals surface area contributed by atoms with E-state index in [0.717, 1.165) is 18.8 Å². The first-order chi connectivity index (χ1) is 7.77. The van der Waals surface area contributed by atoms with Crippen LogP contribution in [0.5, 0.6) is 0 Å². The summed E-state index contributed by atoms with van der Waals surface area (Å²) >= 11 is 1.85. The molecule has 2 heteroatoms. The second-order valence-electron chi connectivity index (χ2n) is 4.59. The highest BCUT2D eigenvalue weighted by atomic mass is 32.1. The largest absolute Gasteiger partial charge is 0.327 e. The zero-order valence-corrected chi connectivity index (χ0v) is 11.4. The lowest BCUT2D eigenvalue weighted by molar-refractivity contribution is 0.356. The zero-order chi connectivity index (χ0) is 11.8. The molecule has 0 bridgehead atoms. The van der Waals surface area contributed by atoms with Crippen molar-refractivity contribution in [3.05, 3.63) is 22.4 Å². The quantitative estimate of drug-likeness (QED) is 0.722. The zero-order valence-electron chi connectivity index (χ0n) is 10.6. The summed E-state index contributed by atoms with van der Waals surface area (Å²) in [5, 5.41) is 2.15. The molecule has 0 amide bonds. The van der Waals surface area contributed by atoms with Gasteiger partial charge in [0, 0.05) is 10.9 Å². The summed E-state index contributed by atoms with van der Waals surface area (Å²) in [5.41, 5.74) is 6.29. The number of rotatable bonds is 8. The summed E-state index contributed by atoms with van der Waals surface area (Å²) in [6.07, 6.45) is 7.44. The van der Waals surface area contributed by atoms with Crippen LogP contribution in [0.2, 0.25) is 0 Å². The van der Waals surface area contributed by atoms with Gasteiger partial charge in [-0.25, -0.2) is 0 Å². The van der Waals surface area contributed by atoms with Gasteiger partial charge in [-0.2, -0.15) is 0 Å². The molecule has 92 valence electrons. The standard InChI is InChI=1S/C14H25NS/c1-3-5-7-12(4-2)14(15)10-9-13-8-6-11-16-13/h6,8,11-12,14H,3-5,7,9-10,15H2,1-2H3. The number of thiophene rings is 1. The molecule has 0 saturated heterocycles. The van der Waals surface area contributed by atoms with E-state index >= 15 is 0 Å². The fourth-order valence-corrected chi connectivity index (χ4v) is 2.91. The number of hydrogen-bond acceptors (Lipinski definition) is 2. The van der Waals surface area contributed by atoms with Gasteiger partial charge in [-0.05, 0) is 36.6 Å². The topological polar surface area (TPSA) is 26.0 Å². The number of aryl methyl sites for hydroxylation is 1. The number of nitrogens with two attached hydrogens (primary N) is 1. The molecule has 0 spiro atoms. The van der Waals surface area contributed by atoms with Crippen LogP contribution in [0.4, 0.5) is 0 Å². The first-order valence-electron chi connectivity index (χ1n) is 6.55. The van der Waals surface area contributed by atoms with E-state index in [0.29, 0.717) is 6.04 Å². The van der Waals surface area contributed by atoms with Crippen LogP contribution in [0.25, 0.3) is 0 Å². The molecule has 0 aromatic carbocycles. The first kappa shape index (κ1) is 13.7. The van der Waals surface area contributed by atoms with Crippen LogP contribution in [-0.2, 0) is 6.42 Å². The molecule has 0 aliphatic carbocycles. The second kappa shape index (κ2) is 7.86. The van der Waals surface area contributed by atoms with E-state index in [-0.39, 0.29) is 0 Å². The summed E-state index contributed by atoms with van der Waals surface area (Å²) in [6, 6.07) is 4.73. The number of unbranched alkanes of at least 4 members (excludes halogenated alkanes) is 1. The molecule has 2 atom stereocenters. The summed E-state index contributed by atoms with van der Waals surface area (Å²) in [6.45, 7) is 4.52. The van der Waals surface area contributed by atoms with Gasteiger partial charge in [0.2, 0.25) is 0 Å². The van der Waals surface area contributed by atoms with Gasteiger partial charge in [0.05, 0.1) is 0 Å². The molecule has 0 aliphatic heterocycles. The molecule has 1 rings (SSSR count). The Hall–Kier alpha value is -0.340. The fraction of sp³-hybridized carbons (Fsp3) is 0.714. The van der Waals surface area contributed by atoms with Crippen molar-refractivity contribution in [3.63, 3.8) is 0 Å². The van der Waals surface area contributed by atoms with Gasteiger partial charge in [-0.3, -0.25) is 0 Å². The molecule has 2 unspecified atom stereocenters. The van der Waals surface area contributed by atoms with Gasteiger partial charge >= 0.3 is 0 Å². The molecule has 2 N–H and O–H groups in total. The van der Waals surface area contributed by atoms with E-state index in [2.05, 4.69) is 31.4 Å². The van der Waals surface area contributed by atoms with Gasteiger partial charge in [0.1, 0.15) is 0 Å². The summed E-state index contributed by atoms with van der Waals surface area (Å²) < 4.78 is 0. The lowest BCUT2D eigenvalue weighted by atomic mass is 9.89. The van der Waals surface area contributed by atoms with E-state index in [1.807, 2.05) is 11.3 Å². The van der Waals surface area contributed by atoms with E-state index in [1.165, 1.54) is 30.6 Å². The van der Waals surface area contributed by atoms with Crippen molar-refractivity contribution < 1.29 is 0 Å². The molecular weight excluding hydrogens is 214 g/mol. The van der Waals surface area contributed by atoms with Crippen LogP contribution >= 0.6 is 11.3 Å². The van der Waals surface area contributed by atoms with Crippen LogP contribution in [0, 0.1) is 5.92 Å². The van der Waals surface area contributed by atoms with Crippen LogP contribution in [-0.4, -0.2) is 6.04 Å². The van der Waals surface area contributed by atoms with Gasteiger partial charge < -0.3 is 5.73 Å². The Morgan fingerprint density at radius 2 is 2.12 bits per heavy atom. The molecule has 16 heavy (non-hydrogen) atoms. The van der Waals surface area contributed by atoms with E-state index in [1.54, 1.807) is 0 Å². The van der Waals surface area contributed by atoms with Crippen LogP contribution in [0.3, 0.4) is 0 Å². The van der Waals surface area contributed by atoms with E-state index < -0.39 is 0 Å². The van der Waals surface area contributed by atoms with Gasteiger partial charge in [0.15, 0.2) is 0 Å². The monoisotopic (exact) mass is 239 g/mol. The van der Waals surface area contributed by atoms with Crippen molar-refractivity contribution >= 4 is 11.3 Å².